The van der Waals surface area contributed by atoms with Crippen molar-refractivity contribution < 1.29 is 14.4 Å². The van der Waals surface area contributed by atoms with E-state index in [2.05, 4.69) is 12.2 Å². The van der Waals surface area contributed by atoms with Crippen LogP contribution in [-0.2, 0) is 14.4 Å². The second-order valence-corrected chi connectivity index (χ2v) is 8.22. The second-order valence-electron chi connectivity index (χ2n) is 8.22. The molecule has 0 aromatic rings. The fourth-order valence-electron chi connectivity index (χ4n) is 3.38. The van der Waals surface area contributed by atoms with Crippen LogP contribution < -0.4 is 16.8 Å². The zero-order valence-corrected chi connectivity index (χ0v) is 18.7. The zero-order chi connectivity index (χ0) is 21.7. The Morgan fingerprint density at radius 3 is 1.52 bits per heavy atom. The molecule has 0 fully saturated rings. The third kappa shape index (κ3) is 19.7. The van der Waals surface area contributed by atoms with Gasteiger partial charge in [-0.1, -0.05) is 96.8 Å². The van der Waals surface area contributed by atoms with Gasteiger partial charge in [0.25, 0.3) is 0 Å². The lowest BCUT2D eigenvalue weighted by Gasteiger charge is -2.10. The van der Waals surface area contributed by atoms with Crippen LogP contribution in [-0.4, -0.2) is 23.8 Å². The summed E-state index contributed by atoms with van der Waals surface area (Å²) in [6.07, 6.45) is 19.7. The van der Waals surface area contributed by atoms with E-state index in [1.54, 1.807) is 0 Å². The number of primary amides is 1. The predicted molar refractivity (Wildman–Crippen MR) is 119 cm³/mol. The molecule has 0 saturated carbocycles. The average Bonchev–Trinajstić information content (AvgIpc) is 2.68. The number of unbranched alkanes of at least 4 members (excludes halogenated alkanes) is 14. The minimum absolute atomic E-state index is 0.0435. The van der Waals surface area contributed by atoms with Crippen molar-refractivity contribution in [3.8, 4) is 0 Å². The van der Waals surface area contributed by atoms with Gasteiger partial charge < -0.3 is 11.5 Å². The van der Waals surface area contributed by atoms with Crippen molar-refractivity contribution in [3.05, 3.63) is 0 Å². The molecule has 1 atom stereocenters. The van der Waals surface area contributed by atoms with Gasteiger partial charge in [-0.05, 0) is 12.8 Å². The van der Waals surface area contributed by atoms with Crippen molar-refractivity contribution >= 4 is 17.7 Å². The topological polar surface area (TPSA) is 115 Å². The second kappa shape index (κ2) is 19.9. The molecule has 0 bridgehead atoms. The zero-order valence-electron chi connectivity index (χ0n) is 18.7. The van der Waals surface area contributed by atoms with Crippen molar-refractivity contribution in [1.29, 1.82) is 0 Å². The number of hydrogen-bond donors (Lipinski definition) is 3. The van der Waals surface area contributed by atoms with Gasteiger partial charge in [0.05, 0.1) is 6.04 Å². The summed E-state index contributed by atoms with van der Waals surface area (Å²) in [6, 6.07) is -0.868. The molecule has 0 aromatic carbocycles. The van der Waals surface area contributed by atoms with E-state index in [4.69, 9.17) is 11.5 Å². The summed E-state index contributed by atoms with van der Waals surface area (Å²) in [4.78, 5) is 34.2. The number of amides is 3. The summed E-state index contributed by atoms with van der Waals surface area (Å²) >= 11 is 0. The molecule has 29 heavy (non-hydrogen) atoms. The fraction of sp³-hybridized carbons (Fsp3) is 0.870. The summed E-state index contributed by atoms with van der Waals surface area (Å²) < 4.78 is 0. The molecule has 170 valence electrons. The highest BCUT2D eigenvalue weighted by Crippen LogP contribution is 2.13. The molecule has 0 saturated heterocycles. The van der Waals surface area contributed by atoms with Gasteiger partial charge in [-0.3, -0.25) is 19.7 Å². The Bertz CT molecular complexity index is 441. The van der Waals surface area contributed by atoms with Crippen molar-refractivity contribution in [2.45, 2.75) is 129 Å². The van der Waals surface area contributed by atoms with Crippen molar-refractivity contribution in [1.82, 2.24) is 5.32 Å². The number of rotatable bonds is 20. The Labute approximate surface area is 177 Å². The first-order valence-electron chi connectivity index (χ1n) is 11.8. The van der Waals surface area contributed by atoms with Gasteiger partial charge in [-0.2, -0.15) is 0 Å². The summed E-state index contributed by atoms with van der Waals surface area (Å²) in [6.45, 7) is 2.26. The highest BCUT2D eigenvalue weighted by Gasteiger charge is 2.16. The van der Waals surface area contributed by atoms with Crippen LogP contribution in [0.5, 0.6) is 0 Å². The molecule has 0 aromatic heterocycles. The maximum atomic E-state index is 11.8. The van der Waals surface area contributed by atoms with E-state index in [1.807, 2.05) is 0 Å². The van der Waals surface area contributed by atoms with Crippen molar-refractivity contribution in [2.24, 2.45) is 11.5 Å². The summed E-state index contributed by atoms with van der Waals surface area (Å²) in [7, 11) is 0. The van der Waals surface area contributed by atoms with Gasteiger partial charge in [0.2, 0.25) is 17.7 Å². The first-order chi connectivity index (χ1) is 14.0. The first-order valence-corrected chi connectivity index (χ1v) is 11.8. The van der Waals surface area contributed by atoms with Crippen LogP contribution in [0, 0.1) is 0 Å². The normalized spacial score (nSPS) is 11.9. The minimum atomic E-state index is -0.868. The Hall–Kier alpha value is -1.43. The van der Waals surface area contributed by atoms with Crippen molar-refractivity contribution in [3.63, 3.8) is 0 Å². The molecule has 0 unspecified atom stereocenters. The molecule has 0 aliphatic heterocycles. The molecular formula is C23H45N3O3. The molecule has 0 heterocycles. The Balaban J connectivity index is 3.38. The van der Waals surface area contributed by atoms with Gasteiger partial charge in [0.15, 0.2) is 0 Å². The summed E-state index contributed by atoms with van der Waals surface area (Å²) in [5.74, 6) is -1.33. The van der Waals surface area contributed by atoms with Crippen LogP contribution in [0.1, 0.15) is 122 Å². The highest BCUT2D eigenvalue weighted by molar-refractivity contribution is 5.97. The summed E-state index contributed by atoms with van der Waals surface area (Å²) in [5.41, 5.74) is 10.6. The molecule has 3 amide bonds. The Morgan fingerprint density at radius 2 is 1.10 bits per heavy atom. The van der Waals surface area contributed by atoms with Crippen LogP contribution in [0.15, 0.2) is 0 Å². The molecule has 6 heteroatoms. The highest BCUT2D eigenvalue weighted by atomic mass is 16.2. The van der Waals surface area contributed by atoms with Gasteiger partial charge >= 0.3 is 0 Å². The largest absolute Gasteiger partial charge is 0.370 e. The molecular weight excluding hydrogens is 366 g/mol. The SMILES string of the molecule is CCCCCCCCCCCCCCCCCC(=O)NC(=O)[C@@H](N)CCC(N)=O. The van der Waals surface area contributed by atoms with E-state index in [0.29, 0.717) is 6.42 Å². The van der Waals surface area contributed by atoms with E-state index in [9.17, 15) is 14.4 Å². The molecule has 0 radical (unpaired) electrons. The Kier molecular flexibility index (Phi) is 18.9. The lowest BCUT2D eigenvalue weighted by atomic mass is 10.0. The van der Waals surface area contributed by atoms with Gasteiger partial charge in [0.1, 0.15) is 0 Å². The van der Waals surface area contributed by atoms with Crippen LogP contribution >= 0.6 is 0 Å². The van der Waals surface area contributed by atoms with E-state index in [1.165, 1.54) is 77.0 Å². The number of imide groups is 1. The third-order valence-corrected chi connectivity index (χ3v) is 5.31. The molecule has 0 spiro atoms. The van der Waals surface area contributed by atoms with Crippen LogP contribution in [0.4, 0.5) is 0 Å². The number of carbonyl (C=O) groups is 3. The van der Waals surface area contributed by atoms with Gasteiger partial charge in [-0.15, -0.1) is 0 Å². The van der Waals surface area contributed by atoms with Crippen LogP contribution in [0.2, 0.25) is 0 Å². The number of nitrogens with two attached hydrogens (primary N) is 2. The van der Waals surface area contributed by atoms with Gasteiger partial charge in [0, 0.05) is 12.8 Å². The molecule has 5 N–H and O–H groups in total. The first kappa shape index (κ1) is 27.6. The average molecular weight is 412 g/mol. The molecule has 6 nitrogen and oxygen atoms in total. The summed E-state index contributed by atoms with van der Waals surface area (Å²) in [5, 5.41) is 2.30. The molecule has 0 rings (SSSR count). The van der Waals surface area contributed by atoms with Crippen molar-refractivity contribution in [2.75, 3.05) is 0 Å². The maximum absolute atomic E-state index is 11.8. The van der Waals surface area contributed by atoms with E-state index < -0.39 is 17.9 Å². The van der Waals surface area contributed by atoms with E-state index >= 15 is 0 Å². The maximum Gasteiger partial charge on any atom is 0.243 e. The Morgan fingerprint density at radius 1 is 0.690 bits per heavy atom. The van der Waals surface area contributed by atoms with Gasteiger partial charge in [-0.25, -0.2) is 0 Å². The molecule has 0 aliphatic carbocycles. The number of carbonyl (C=O) groups excluding carboxylic acids is 3. The quantitative estimate of drug-likeness (QED) is 0.256. The van der Waals surface area contributed by atoms with E-state index in [0.717, 1.165) is 19.3 Å². The number of hydrogen-bond acceptors (Lipinski definition) is 4. The van der Waals surface area contributed by atoms with E-state index in [-0.39, 0.29) is 18.7 Å². The van der Waals surface area contributed by atoms with Crippen LogP contribution in [0.3, 0.4) is 0 Å². The molecule has 0 aliphatic rings. The predicted octanol–water partition coefficient (Wildman–Crippen LogP) is 4.48. The number of nitrogens with one attached hydrogen (secondary N) is 1. The lowest BCUT2D eigenvalue weighted by molar-refractivity contribution is -0.131. The minimum Gasteiger partial charge on any atom is -0.370 e. The standard InChI is InChI=1S/C23H45N3O3/c1-2-3-4-5-6-7-8-9-10-11-12-13-14-15-16-17-22(28)26-23(29)20(24)18-19-21(25)27/h20H,2-19,24H2,1H3,(H2,25,27)(H,26,28,29)/t20-/m0/s1. The fourth-order valence-corrected chi connectivity index (χ4v) is 3.38. The monoisotopic (exact) mass is 411 g/mol. The lowest BCUT2D eigenvalue weighted by Crippen LogP contribution is -2.43. The third-order valence-electron chi connectivity index (χ3n) is 5.31. The smallest absolute Gasteiger partial charge is 0.243 e. The van der Waals surface area contributed by atoms with Crippen LogP contribution in [0.25, 0.3) is 0 Å².